The quantitative estimate of drug-likeness (QED) is 0.654. The molecule has 0 spiro atoms. The summed E-state index contributed by atoms with van der Waals surface area (Å²) >= 11 is 0. The van der Waals surface area contributed by atoms with Crippen molar-refractivity contribution in [2.45, 2.75) is 26.8 Å². The molecule has 0 fully saturated rings. The minimum Gasteiger partial charge on any atom is -0.374 e. The van der Waals surface area contributed by atoms with Crippen molar-refractivity contribution in [3.8, 4) is 0 Å². The Morgan fingerprint density at radius 1 is 1.54 bits per heavy atom. The predicted molar refractivity (Wildman–Crippen MR) is 59.7 cm³/mol. The van der Waals surface area contributed by atoms with Gasteiger partial charge in [-0.3, -0.25) is 0 Å². The molecule has 2 heteroatoms. The predicted octanol–water partition coefficient (Wildman–Crippen LogP) is 2.01. The van der Waals surface area contributed by atoms with Gasteiger partial charge in [-0.25, -0.2) is 0 Å². The average Bonchev–Trinajstić information content (AvgIpc) is 2.13. The van der Waals surface area contributed by atoms with E-state index in [0.717, 1.165) is 6.54 Å². The summed E-state index contributed by atoms with van der Waals surface area (Å²) in [5.74, 6) is 0. The van der Waals surface area contributed by atoms with Crippen molar-refractivity contribution in [2.24, 2.45) is 0 Å². The van der Waals surface area contributed by atoms with Crippen LogP contribution in [-0.2, 0) is 0 Å². The molecule has 0 radical (unpaired) electrons. The molecule has 0 aromatic heterocycles. The summed E-state index contributed by atoms with van der Waals surface area (Å²) in [5.41, 5.74) is 1.29. The van der Waals surface area contributed by atoms with Crippen LogP contribution in [0.5, 0.6) is 0 Å². The number of hydrogen-bond donors (Lipinski definition) is 1. The highest BCUT2D eigenvalue weighted by atomic mass is 15.1. The minimum absolute atomic E-state index is 0.534. The number of nitrogens with zero attached hydrogens (tertiary/aromatic N) is 1. The van der Waals surface area contributed by atoms with Crippen molar-refractivity contribution in [3.05, 3.63) is 23.9 Å². The smallest absolute Gasteiger partial charge is 0.0379 e. The summed E-state index contributed by atoms with van der Waals surface area (Å²) < 4.78 is 0. The standard InChI is InChI=1S/C11H22N2/c1-6-7-8-10(2)13(5)11(3)9-12-4/h6-8,11-12H,9H2,1-5H3/b7-6-,10-8+. The Labute approximate surface area is 82.3 Å². The first-order valence-corrected chi connectivity index (χ1v) is 4.80. The van der Waals surface area contributed by atoms with Gasteiger partial charge in [0.15, 0.2) is 0 Å². The summed E-state index contributed by atoms with van der Waals surface area (Å²) in [7, 11) is 4.10. The molecule has 0 aromatic rings. The number of hydrogen-bond acceptors (Lipinski definition) is 2. The lowest BCUT2D eigenvalue weighted by molar-refractivity contribution is 0.317. The second-order valence-electron chi connectivity index (χ2n) is 3.35. The zero-order valence-corrected chi connectivity index (χ0v) is 9.46. The molecule has 0 heterocycles. The molecule has 0 aliphatic rings. The second kappa shape index (κ2) is 6.72. The monoisotopic (exact) mass is 182 g/mol. The lowest BCUT2D eigenvalue weighted by Crippen LogP contribution is -2.35. The lowest BCUT2D eigenvalue weighted by Gasteiger charge is -2.27. The van der Waals surface area contributed by atoms with E-state index < -0.39 is 0 Å². The Kier molecular flexibility index (Phi) is 6.33. The first-order valence-electron chi connectivity index (χ1n) is 4.80. The van der Waals surface area contributed by atoms with Gasteiger partial charge in [0.2, 0.25) is 0 Å². The van der Waals surface area contributed by atoms with Crippen molar-refractivity contribution in [1.82, 2.24) is 10.2 Å². The van der Waals surface area contributed by atoms with Gasteiger partial charge in [0.25, 0.3) is 0 Å². The van der Waals surface area contributed by atoms with Crippen molar-refractivity contribution < 1.29 is 0 Å². The molecule has 0 saturated carbocycles. The van der Waals surface area contributed by atoms with E-state index in [-0.39, 0.29) is 0 Å². The molecule has 1 atom stereocenters. The summed E-state index contributed by atoms with van der Waals surface area (Å²) in [6.07, 6.45) is 6.24. The Bertz CT molecular complexity index is 183. The summed E-state index contributed by atoms with van der Waals surface area (Å²) in [4.78, 5) is 2.27. The Morgan fingerprint density at radius 2 is 2.15 bits per heavy atom. The molecule has 76 valence electrons. The first-order chi connectivity index (χ1) is 6.13. The van der Waals surface area contributed by atoms with Crippen molar-refractivity contribution in [1.29, 1.82) is 0 Å². The number of likely N-dealkylation sites (N-methyl/N-ethyl adjacent to an activating group) is 2. The fourth-order valence-corrected chi connectivity index (χ4v) is 1.13. The molecule has 0 aliphatic carbocycles. The summed E-state index contributed by atoms with van der Waals surface area (Å²) in [5, 5.41) is 3.17. The van der Waals surface area contributed by atoms with Crippen LogP contribution in [0.15, 0.2) is 23.9 Å². The molecule has 1 unspecified atom stereocenters. The van der Waals surface area contributed by atoms with Crippen LogP contribution in [0.4, 0.5) is 0 Å². The highest BCUT2D eigenvalue weighted by Gasteiger charge is 2.06. The Balaban J connectivity index is 4.15. The zero-order valence-electron chi connectivity index (χ0n) is 9.46. The maximum atomic E-state index is 3.17. The SMILES string of the molecule is C/C=C\C=C(/C)N(C)C(C)CNC. The van der Waals surface area contributed by atoms with Crippen LogP contribution >= 0.6 is 0 Å². The van der Waals surface area contributed by atoms with E-state index in [1.165, 1.54) is 5.70 Å². The third kappa shape index (κ3) is 4.73. The van der Waals surface area contributed by atoms with Crippen LogP contribution in [0.2, 0.25) is 0 Å². The van der Waals surface area contributed by atoms with E-state index >= 15 is 0 Å². The van der Waals surface area contributed by atoms with Crippen LogP contribution in [-0.4, -0.2) is 31.6 Å². The number of allylic oxidation sites excluding steroid dienone is 4. The van der Waals surface area contributed by atoms with E-state index in [2.05, 4.69) is 43.3 Å². The molecule has 0 bridgehead atoms. The van der Waals surface area contributed by atoms with E-state index in [1.807, 2.05) is 20.0 Å². The van der Waals surface area contributed by atoms with Crippen LogP contribution in [0.1, 0.15) is 20.8 Å². The van der Waals surface area contributed by atoms with Crippen molar-refractivity contribution in [2.75, 3.05) is 20.6 Å². The van der Waals surface area contributed by atoms with Gasteiger partial charge in [-0.05, 0) is 33.9 Å². The zero-order chi connectivity index (χ0) is 10.3. The molecule has 1 N–H and O–H groups in total. The molecule has 0 rings (SSSR count). The maximum Gasteiger partial charge on any atom is 0.0379 e. The molecule has 13 heavy (non-hydrogen) atoms. The minimum atomic E-state index is 0.534. The van der Waals surface area contributed by atoms with Crippen LogP contribution in [0.25, 0.3) is 0 Å². The van der Waals surface area contributed by atoms with Gasteiger partial charge in [0.05, 0.1) is 0 Å². The summed E-state index contributed by atoms with van der Waals surface area (Å²) in [6.45, 7) is 7.38. The van der Waals surface area contributed by atoms with Gasteiger partial charge in [0.1, 0.15) is 0 Å². The molecule has 0 saturated heterocycles. The van der Waals surface area contributed by atoms with Crippen LogP contribution in [0, 0.1) is 0 Å². The largest absolute Gasteiger partial charge is 0.374 e. The third-order valence-corrected chi connectivity index (χ3v) is 2.25. The van der Waals surface area contributed by atoms with Crippen LogP contribution < -0.4 is 5.32 Å². The molecular formula is C11H22N2. The Hall–Kier alpha value is -0.760. The van der Waals surface area contributed by atoms with Crippen molar-refractivity contribution in [3.63, 3.8) is 0 Å². The van der Waals surface area contributed by atoms with Gasteiger partial charge < -0.3 is 10.2 Å². The average molecular weight is 182 g/mol. The van der Waals surface area contributed by atoms with E-state index in [4.69, 9.17) is 0 Å². The highest BCUT2D eigenvalue weighted by Crippen LogP contribution is 2.05. The fraction of sp³-hybridized carbons (Fsp3) is 0.636. The lowest BCUT2D eigenvalue weighted by atomic mass is 10.2. The molecule has 0 amide bonds. The maximum absolute atomic E-state index is 3.17. The van der Waals surface area contributed by atoms with E-state index in [0.29, 0.717) is 6.04 Å². The van der Waals surface area contributed by atoms with Gasteiger partial charge in [0, 0.05) is 25.3 Å². The van der Waals surface area contributed by atoms with Gasteiger partial charge in [-0.15, -0.1) is 0 Å². The first kappa shape index (κ1) is 12.2. The van der Waals surface area contributed by atoms with E-state index in [9.17, 15) is 0 Å². The highest BCUT2D eigenvalue weighted by molar-refractivity contribution is 5.09. The second-order valence-corrected chi connectivity index (χ2v) is 3.35. The topological polar surface area (TPSA) is 15.3 Å². The molecule has 0 aromatic carbocycles. The van der Waals surface area contributed by atoms with Crippen LogP contribution in [0.3, 0.4) is 0 Å². The third-order valence-electron chi connectivity index (χ3n) is 2.25. The van der Waals surface area contributed by atoms with Gasteiger partial charge >= 0.3 is 0 Å². The van der Waals surface area contributed by atoms with Gasteiger partial charge in [-0.2, -0.15) is 0 Å². The normalized spacial score (nSPS) is 15.0. The van der Waals surface area contributed by atoms with E-state index in [1.54, 1.807) is 0 Å². The number of nitrogens with one attached hydrogen (secondary N) is 1. The number of rotatable bonds is 5. The fourth-order valence-electron chi connectivity index (χ4n) is 1.13. The molecule has 2 nitrogen and oxygen atoms in total. The van der Waals surface area contributed by atoms with Gasteiger partial charge in [-0.1, -0.05) is 12.2 Å². The molecular weight excluding hydrogens is 160 g/mol. The Morgan fingerprint density at radius 3 is 2.62 bits per heavy atom. The van der Waals surface area contributed by atoms with Crippen molar-refractivity contribution >= 4 is 0 Å². The molecule has 0 aliphatic heterocycles. The summed E-state index contributed by atoms with van der Waals surface area (Å²) in [6, 6.07) is 0.534.